The lowest BCUT2D eigenvalue weighted by atomic mass is 10.1. The molecule has 5 nitrogen and oxygen atoms in total. The molecule has 1 aliphatic heterocycles. The van der Waals surface area contributed by atoms with Gasteiger partial charge in [0.05, 0.1) is 6.61 Å². The molecule has 0 fully saturated rings. The van der Waals surface area contributed by atoms with Crippen molar-refractivity contribution in [3.8, 4) is 5.75 Å². The summed E-state index contributed by atoms with van der Waals surface area (Å²) in [6, 6.07) is 5.42. The second-order valence-electron chi connectivity index (χ2n) is 5.22. The molecule has 0 aliphatic carbocycles. The van der Waals surface area contributed by atoms with Crippen LogP contribution >= 0.6 is 11.6 Å². The van der Waals surface area contributed by atoms with Crippen molar-refractivity contribution < 1.29 is 19.1 Å². The fourth-order valence-electron chi connectivity index (χ4n) is 2.18. The minimum atomic E-state index is -0.246. The zero-order valence-corrected chi connectivity index (χ0v) is 14.3. The smallest absolute Gasteiger partial charge is 0.305 e. The minimum Gasteiger partial charge on any atom is -0.488 e. The first-order valence-electron chi connectivity index (χ1n) is 7.83. The molecule has 0 atom stereocenters. The molecule has 24 heavy (non-hydrogen) atoms. The summed E-state index contributed by atoms with van der Waals surface area (Å²) in [5.74, 6) is 0.320. The van der Waals surface area contributed by atoms with Crippen molar-refractivity contribution in [2.24, 2.45) is 0 Å². The molecule has 0 saturated heterocycles. The molecule has 0 saturated carbocycles. The standard InChI is InChI=1S/C18H20ClNO4/c1-2-23-18(22)4-3-9-20-17(21)8-5-13-10-14-11-15(19)6-7-16(14)24-12-13/h5-8,10-11H,2-4,9,12H2,1H3,(H,20,21)/b8-5+. The average molecular weight is 350 g/mol. The molecule has 1 aliphatic rings. The van der Waals surface area contributed by atoms with Crippen molar-refractivity contribution in [1.29, 1.82) is 0 Å². The van der Waals surface area contributed by atoms with E-state index < -0.39 is 0 Å². The molecule has 1 heterocycles. The van der Waals surface area contributed by atoms with Crippen molar-refractivity contribution in [2.75, 3.05) is 19.8 Å². The van der Waals surface area contributed by atoms with Gasteiger partial charge in [0.25, 0.3) is 0 Å². The number of nitrogens with one attached hydrogen (secondary N) is 1. The van der Waals surface area contributed by atoms with Crippen LogP contribution < -0.4 is 10.1 Å². The van der Waals surface area contributed by atoms with Gasteiger partial charge in [-0.15, -0.1) is 0 Å². The lowest BCUT2D eigenvalue weighted by molar-refractivity contribution is -0.143. The quantitative estimate of drug-likeness (QED) is 0.466. The molecule has 2 rings (SSSR count). The van der Waals surface area contributed by atoms with Crippen LogP contribution in [0.1, 0.15) is 25.3 Å². The maximum atomic E-state index is 11.8. The number of hydrogen-bond donors (Lipinski definition) is 1. The van der Waals surface area contributed by atoms with Gasteiger partial charge >= 0.3 is 5.97 Å². The molecule has 1 amide bonds. The Labute approximate surface area is 146 Å². The van der Waals surface area contributed by atoms with Crippen molar-refractivity contribution >= 4 is 29.6 Å². The molecule has 0 unspecified atom stereocenters. The van der Waals surface area contributed by atoms with Gasteiger partial charge in [0, 0.05) is 29.6 Å². The minimum absolute atomic E-state index is 0.211. The summed E-state index contributed by atoms with van der Waals surface area (Å²) < 4.78 is 10.4. The number of rotatable bonds is 7. The van der Waals surface area contributed by atoms with Crippen LogP contribution in [0.25, 0.3) is 6.08 Å². The Morgan fingerprint density at radius 3 is 3.04 bits per heavy atom. The molecule has 0 spiro atoms. The van der Waals surface area contributed by atoms with Gasteiger partial charge in [0.15, 0.2) is 0 Å². The largest absolute Gasteiger partial charge is 0.488 e. The maximum absolute atomic E-state index is 11.8. The van der Waals surface area contributed by atoms with Crippen molar-refractivity contribution in [3.05, 3.63) is 46.5 Å². The van der Waals surface area contributed by atoms with E-state index in [4.69, 9.17) is 21.1 Å². The van der Waals surface area contributed by atoms with E-state index in [1.165, 1.54) is 6.08 Å². The number of esters is 1. The Morgan fingerprint density at radius 2 is 2.25 bits per heavy atom. The van der Waals surface area contributed by atoms with Crippen LogP contribution in [0.3, 0.4) is 0 Å². The van der Waals surface area contributed by atoms with Crippen LogP contribution in [-0.4, -0.2) is 31.6 Å². The van der Waals surface area contributed by atoms with Gasteiger partial charge in [-0.05, 0) is 43.2 Å². The normalized spacial score (nSPS) is 13.0. The lowest BCUT2D eigenvalue weighted by Gasteiger charge is -2.16. The highest BCUT2D eigenvalue weighted by Gasteiger charge is 2.10. The van der Waals surface area contributed by atoms with E-state index in [0.717, 1.165) is 16.9 Å². The molecule has 6 heteroatoms. The molecule has 0 aromatic heterocycles. The predicted octanol–water partition coefficient (Wildman–Crippen LogP) is 3.13. The molecule has 128 valence electrons. The molecule has 1 N–H and O–H groups in total. The summed E-state index contributed by atoms with van der Waals surface area (Å²) in [6.07, 6.45) is 5.96. The van der Waals surface area contributed by atoms with Gasteiger partial charge in [-0.1, -0.05) is 17.7 Å². The van der Waals surface area contributed by atoms with Crippen LogP contribution in [0.2, 0.25) is 5.02 Å². The van der Waals surface area contributed by atoms with Crippen LogP contribution in [0, 0.1) is 0 Å². The highest BCUT2D eigenvalue weighted by molar-refractivity contribution is 6.30. The number of amides is 1. The summed E-state index contributed by atoms with van der Waals surface area (Å²) in [6.45, 7) is 2.97. The van der Waals surface area contributed by atoms with E-state index >= 15 is 0 Å². The molecular formula is C18H20ClNO4. The van der Waals surface area contributed by atoms with Crippen molar-refractivity contribution in [3.63, 3.8) is 0 Å². The van der Waals surface area contributed by atoms with Crippen LogP contribution in [0.4, 0.5) is 0 Å². The topological polar surface area (TPSA) is 64.6 Å². The van der Waals surface area contributed by atoms with Gasteiger partial charge in [-0.3, -0.25) is 9.59 Å². The summed E-state index contributed by atoms with van der Waals surface area (Å²) in [4.78, 5) is 22.9. The van der Waals surface area contributed by atoms with E-state index in [2.05, 4.69) is 5.32 Å². The fourth-order valence-corrected chi connectivity index (χ4v) is 2.36. The first-order chi connectivity index (χ1) is 11.6. The van der Waals surface area contributed by atoms with Gasteiger partial charge in [0.2, 0.25) is 5.91 Å². The third-order valence-corrected chi connectivity index (χ3v) is 3.55. The Kier molecular flexibility index (Phi) is 6.88. The van der Waals surface area contributed by atoms with Gasteiger partial charge in [0.1, 0.15) is 12.4 Å². The highest BCUT2D eigenvalue weighted by atomic mass is 35.5. The number of hydrogen-bond acceptors (Lipinski definition) is 4. The Balaban J connectivity index is 1.79. The highest BCUT2D eigenvalue weighted by Crippen LogP contribution is 2.29. The van der Waals surface area contributed by atoms with Crippen molar-refractivity contribution in [1.82, 2.24) is 5.32 Å². The van der Waals surface area contributed by atoms with E-state index in [1.807, 2.05) is 18.2 Å². The Bertz CT molecular complexity index is 667. The number of carbonyl (C=O) groups excluding carboxylic acids is 2. The molecular weight excluding hydrogens is 330 g/mol. The predicted molar refractivity (Wildman–Crippen MR) is 92.9 cm³/mol. The van der Waals surface area contributed by atoms with Crippen molar-refractivity contribution in [2.45, 2.75) is 19.8 Å². The van der Waals surface area contributed by atoms with E-state index in [0.29, 0.717) is 37.6 Å². The number of benzene rings is 1. The third kappa shape index (κ3) is 5.74. The van der Waals surface area contributed by atoms with Crippen LogP contribution in [0.5, 0.6) is 5.75 Å². The van der Waals surface area contributed by atoms with Gasteiger partial charge in [-0.25, -0.2) is 0 Å². The summed E-state index contributed by atoms with van der Waals surface area (Å²) in [5, 5.41) is 3.36. The second-order valence-corrected chi connectivity index (χ2v) is 5.66. The Hall–Kier alpha value is -2.27. The number of halogens is 1. The monoisotopic (exact) mass is 349 g/mol. The zero-order valence-electron chi connectivity index (χ0n) is 13.5. The Morgan fingerprint density at radius 1 is 1.42 bits per heavy atom. The SMILES string of the molecule is CCOC(=O)CCCNC(=O)/C=C/C1=Cc2cc(Cl)ccc2OC1. The van der Waals surface area contributed by atoms with E-state index in [1.54, 1.807) is 19.1 Å². The molecule has 1 aromatic rings. The van der Waals surface area contributed by atoms with Crippen LogP contribution in [0.15, 0.2) is 35.9 Å². The third-order valence-electron chi connectivity index (χ3n) is 3.32. The number of fused-ring (bicyclic) bond motifs is 1. The van der Waals surface area contributed by atoms with Gasteiger partial charge < -0.3 is 14.8 Å². The zero-order chi connectivity index (χ0) is 17.4. The number of carbonyl (C=O) groups is 2. The van der Waals surface area contributed by atoms with E-state index in [9.17, 15) is 9.59 Å². The molecule has 0 radical (unpaired) electrons. The number of ether oxygens (including phenoxy) is 2. The first-order valence-corrected chi connectivity index (χ1v) is 8.20. The lowest BCUT2D eigenvalue weighted by Crippen LogP contribution is -2.23. The summed E-state index contributed by atoms with van der Waals surface area (Å²) in [7, 11) is 0. The molecule has 0 bridgehead atoms. The first kappa shape index (κ1) is 18.1. The summed E-state index contributed by atoms with van der Waals surface area (Å²) in [5.41, 5.74) is 1.77. The average Bonchev–Trinajstić information content (AvgIpc) is 2.56. The fraction of sp³-hybridized carbons (Fsp3) is 0.333. The van der Waals surface area contributed by atoms with E-state index in [-0.39, 0.29) is 11.9 Å². The second kappa shape index (κ2) is 9.13. The summed E-state index contributed by atoms with van der Waals surface area (Å²) >= 11 is 5.96. The molecule has 1 aromatic carbocycles. The maximum Gasteiger partial charge on any atom is 0.305 e. The van der Waals surface area contributed by atoms with Gasteiger partial charge in [-0.2, -0.15) is 0 Å². The van der Waals surface area contributed by atoms with Crippen LogP contribution in [-0.2, 0) is 14.3 Å².